The number of hydrogen-bond acceptors (Lipinski definition) is 7. The maximum Gasteiger partial charge on any atom is 0.343 e. The first kappa shape index (κ1) is 18.7. The van der Waals surface area contributed by atoms with Crippen molar-refractivity contribution >= 4 is 17.6 Å². The fraction of sp³-hybridized carbons (Fsp3) is 0.316. The molecule has 1 aliphatic rings. The molecule has 1 aliphatic heterocycles. The van der Waals surface area contributed by atoms with Crippen LogP contribution in [0.25, 0.3) is 0 Å². The Labute approximate surface area is 157 Å². The minimum atomic E-state index is -0.456. The van der Waals surface area contributed by atoms with Crippen LogP contribution in [0.3, 0.4) is 0 Å². The van der Waals surface area contributed by atoms with Crippen LogP contribution >= 0.6 is 0 Å². The summed E-state index contributed by atoms with van der Waals surface area (Å²) in [5.41, 5.74) is 4.59. The first-order chi connectivity index (χ1) is 13.2. The van der Waals surface area contributed by atoms with Crippen LogP contribution in [0.4, 0.5) is 5.69 Å². The molecule has 0 atom stereocenters. The van der Waals surface area contributed by atoms with Crippen LogP contribution in [0, 0.1) is 0 Å². The third kappa shape index (κ3) is 5.18. The normalized spacial score (nSPS) is 14.5. The Morgan fingerprint density at radius 2 is 1.70 bits per heavy atom. The van der Waals surface area contributed by atoms with Crippen LogP contribution in [0.2, 0.25) is 0 Å². The van der Waals surface area contributed by atoms with Gasteiger partial charge in [-0.3, -0.25) is 15.2 Å². The maximum absolute atomic E-state index is 12.4. The van der Waals surface area contributed by atoms with Gasteiger partial charge in [0.2, 0.25) is 0 Å². The Morgan fingerprint density at radius 3 is 2.33 bits per heavy atom. The van der Waals surface area contributed by atoms with E-state index in [1.807, 2.05) is 17.1 Å². The Morgan fingerprint density at radius 1 is 1.04 bits per heavy atom. The molecule has 1 saturated heterocycles. The molecule has 0 radical (unpaired) electrons. The molecule has 27 heavy (non-hydrogen) atoms. The predicted molar refractivity (Wildman–Crippen MR) is 99.4 cm³/mol. The lowest BCUT2D eigenvalue weighted by Gasteiger charge is -2.35. The zero-order valence-electron chi connectivity index (χ0n) is 15.1. The first-order valence-electron chi connectivity index (χ1n) is 8.66. The minimum absolute atomic E-state index is 0.163. The number of esters is 1. The van der Waals surface area contributed by atoms with Crippen molar-refractivity contribution in [1.82, 2.24) is 15.4 Å². The van der Waals surface area contributed by atoms with Gasteiger partial charge in [0.05, 0.1) is 7.11 Å². The molecule has 2 heterocycles. The van der Waals surface area contributed by atoms with E-state index in [0.717, 1.165) is 31.9 Å². The van der Waals surface area contributed by atoms with Crippen LogP contribution < -0.4 is 15.1 Å². The number of nitrogens with zero attached hydrogens (tertiary/aromatic N) is 3. The summed E-state index contributed by atoms with van der Waals surface area (Å²) in [5.74, 6) is -0.127. The van der Waals surface area contributed by atoms with E-state index < -0.39 is 5.97 Å². The number of ether oxygens (including phenoxy) is 2. The highest BCUT2D eigenvalue weighted by Gasteiger charge is 2.19. The fourth-order valence-electron chi connectivity index (χ4n) is 2.74. The number of hydrogen-bond donors (Lipinski definition) is 1. The van der Waals surface area contributed by atoms with Crippen molar-refractivity contribution in [1.29, 1.82) is 0 Å². The number of benzene rings is 1. The van der Waals surface area contributed by atoms with Gasteiger partial charge in [-0.25, -0.2) is 9.80 Å². The number of methoxy groups -OCH3 is 1. The summed E-state index contributed by atoms with van der Waals surface area (Å²) < 4.78 is 9.78. The van der Waals surface area contributed by atoms with E-state index in [1.54, 1.807) is 36.7 Å². The molecular weight excluding hydrogens is 348 g/mol. The van der Waals surface area contributed by atoms with Gasteiger partial charge in [-0.15, -0.1) is 0 Å². The summed E-state index contributed by atoms with van der Waals surface area (Å²) in [4.78, 5) is 29.8. The molecule has 1 aromatic carbocycles. The van der Waals surface area contributed by atoms with Gasteiger partial charge in [-0.05, 0) is 36.4 Å². The summed E-state index contributed by atoms with van der Waals surface area (Å²) in [6, 6.07) is 10.6. The number of hydrazine groups is 1. The van der Waals surface area contributed by atoms with Crippen LogP contribution in [-0.2, 0) is 9.53 Å². The number of pyridine rings is 1. The predicted octanol–water partition coefficient (Wildman–Crippen LogP) is 1.10. The molecule has 0 unspecified atom stereocenters. The molecule has 2 aromatic rings. The second-order valence-electron chi connectivity index (χ2n) is 6.01. The fourth-order valence-corrected chi connectivity index (χ4v) is 2.74. The van der Waals surface area contributed by atoms with Crippen molar-refractivity contribution in [2.75, 3.05) is 44.8 Å². The van der Waals surface area contributed by atoms with Gasteiger partial charge >= 0.3 is 5.97 Å². The molecule has 3 rings (SSSR count). The lowest BCUT2D eigenvalue weighted by atomic mass is 10.2. The number of anilines is 1. The highest BCUT2D eigenvalue weighted by Crippen LogP contribution is 2.15. The van der Waals surface area contributed by atoms with Crippen molar-refractivity contribution < 1.29 is 19.1 Å². The Kier molecular flexibility index (Phi) is 6.22. The topological polar surface area (TPSA) is 84.0 Å². The Bertz CT molecular complexity index is 759. The van der Waals surface area contributed by atoms with Gasteiger partial charge in [-0.2, -0.15) is 0 Å². The van der Waals surface area contributed by atoms with E-state index in [1.165, 1.54) is 7.11 Å². The number of rotatable bonds is 6. The highest BCUT2D eigenvalue weighted by molar-refractivity contribution is 5.93. The molecule has 142 valence electrons. The molecular formula is C19H22N4O4. The number of amides is 1. The van der Waals surface area contributed by atoms with Crippen molar-refractivity contribution in [3.8, 4) is 5.75 Å². The van der Waals surface area contributed by atoms with Crippen molar-refractivity contribution in [3.63, 3.8) is 0 Å². The van der Waals surface area contributed by atoms with E-state index >= 15 is 0 Å². The van der Waals surface area contributed by atoms with Crippen LogP contribution in [-0.4, -0.2) is 61.8 Å². The summed E-state index contributed by atoms with van der Waals surface area (Å²) in [6.07, 6.45) is 3.56. The summed E-state index contributed by atoms with van der Waals surface area (Å²) in [6.45, 7) is 2.95. The van der Waals surface area contributed by atoms with E-state index in [-0.39, 0.29) is 12.5 Å². The second kappa shape index (κ2) is 9.00. The third-order valence-corrected chi connectivity index (χ3v) is 4.27. The van der Waals surface area contributed by atoms with Crippen LogP contribution in [0.15, 0.2) is 48.8 Å². The van der Waals surface area contributed by atoms with E-state index in [2.05, 4.69) is 20.0 Å². The minimum Gasteiger partial charge on any atom is -0.482 e. The van der Waals surface area contributed by atoms with E-state index in [4.69, 9.17) is 4.74 Å². The third-order valence-electron chi connectivity index (χ3n) is 4.27. The smallest absolute Gasteiger partial charge is 0.343 e. The first-order valence-corrected chi connectivity index (χ1v) is 8.66. The summed E-state index contributed by atoms with van der Waals surface area (Å²) >= 11 is 0. The molecule has 1 N–H and O–H groups in total. The summed E-state index contributed by atoms with van der Waals surface area (Å²) in [7, 11) is 1.30. The zero-order chi connectivity index (χ0) is 19.1. The molecule has 1 aromatic heterocycles. The Hall–Kier alpha value is -3.13. The lowest BCUT2D eigenvalue weighted by Crippen LogP contribution is -2.53. The molecule has 8 heteroatoms. The van der Waals surface area contributed by atoms with E-state index in [9.17, 15) is 9.59 Å². The maximum atomic E-state index is 12.4. The molecule has 8 nitrogen and oxygen atoms in total. The molecule has 0 bridgehead atoms. The lowest BCUT2D eigenvalue weighted by molar-refractivity contribution is -0.142. The zero-order valence-corrected chi connectivity index (χ0v) is 15.1. The number of carbonyl (C=O) groups is 2. The average Bonchev–Trinajstić information content (AvgIpc) is 2.73. The summed E-state index contributed by atoms with van der Waals surface area (Å²) in [5, 5.41) is 1.92. The standard InChI is InChI=1S/C19H22N4O4/c1-26-18(24)14-27-17-4-2-15(3-5-17)19(25)21-23-12-10-22(11-13-23)16-6-8-20-9-7-16/h2-9H,10-14H2,1H3,(H,21,25). The van der Waals surface area contributed by atoms with E-state index in [0.29, 0.717) is 11.3 Å². The Balaban J connectivity index is 1.47. The number of nitrogens with one attached hydrogen (secondary N) is 1. The van der Waals surface area contributed by atoms with Gasteiger partial charge in [0, 0.05) is 49.8 Å². The number of carbonyl (C=O) groups excluding carboxylic acids is 2. The second-order valence-corrected chi connectivity index (χ2v) is 6.01. The molecule has 1 fully saturated rings. The van der Waals surface area contributed by atoms with Gasteiger partial charge in [0.25, 0.3) is 5.91 Å². The van der Waals surface area contributed by atoms with Crippen molar-refractivity contribution in [2.24, 2.45) is 0 Å². The quantitative estimate of drug-likeness (QED) is 0.762. The van der Waals surface area contributed by atoms with Crippen LogP contribution in [0.5, 0.6) is 5.75 Å². The van der Waals surface area contributed by atoms with Crippen molar-refractivity contribution in [3.05, 3.63) is 54.4 Å². The van der Waals surface area contributed by atoms with Gasteiger partial charge in [0.1, 0.15) is 5.75 Å². The molecule has 1 amide bonds. The van der Waals surface area contributed by atoms with Gasteiger partial charge in [0.15, 0.2) is 6.61 Å². The molecule has 0 aliphatic carbocycles. The monoisotopic (exact) mass is 370 g/mol. The van der Waals surface area contributed by atoms with Gasteiger partial charge < -0.3 is 14.4 Å². The molecule has 0 saturated carbocycles. The largest absolute Gasteiger partial charge is 0.482 e. The van der Waals surface area contributed by atoms with Gasteiger partial charge in [-0.1, -0.05) is 0 Å². The SMILES string of the molecule is COC(=O)COc1ccc(C(=O)NN2CCN(c3ccncc3)CC2)cc1. The van der Waals surface area contributed by atoms with Crippen molar-refractivity contribution in [2.45, 2.75) is 0 Å². The highest BCUT2D eigenvalue weighted by atomic mass is 16.6. The number of piperazine rings is 1. The van der Waals surface area contributed by atoms with Crippen LogP contribution in [0.1, 0.15) is 10.4 Å². The molecule has 0 spiro atoms. The number of aromatic nitrogens is 1. The average molecular weight is 370 g/mol.